The standard InChI is InChI=1S/C51H46N4S.C2H6.C2H2/c1-5-17-46-36(3)48-45-33-41(49-42(28-29-56-49)30-35(45)2)26-27-47(48)55(46)44-25-15-14-22-40(32-44)39-23-16-24-43(31-39)51(53-34-37-18-10-6-7-11-19-37)54-50(52-4)38-20-12-8-9-13-21-38;2*1-2/h5-8,10,12-13,15-32,34H,9,11,14,33H2,1-4H3;1-2H3;1-2H/b17-5-,52-50?,53-34?,54-51?;;. The summed E-state index contributed by atoms with van der Waals surface area (Å²) < 4.78 is 3.83. The molecule has 0 spiro atoms. The van der Waals surface area contributed by atoms with E-state index in [2.05, 4.69) is 194 Å². The van der Waals surface area contributed by atoms with E-state index in [9.17, 15) is 0 Å². The van der Waals surface area contributed by atoms with Gasteiger partial charge in [0.25, 0.3) is 0 Å². The lowest BCUT2D eigenvalue weighted by Gasteiger charge is -2.14. The van der Waals surface area contributed by atoms with E-state index in [1.54, 1.807) is 7.05 Å². The minimum atomic E-state index is 0.610. The predicted molar refractivity (Wildman–Crippen MR) is 266 cm³/mol. The van der Waals surface area contributed by atoms with Crippen molar-refractivity contribution in [3.8, 4) is 12.8 Å². The van der Waals surface area contributed by atoms with Crippen LogP contribution in [0.25, 0.3) is 40.6 Å². The quantitative estimate of drug-likeness (QED) is 0.135. The summed E-state index contributed by atoms with van der Waals surface area (Å²) in [6, 6.07) is 10.9. The molecular weight excluding hydrogens is 749 g/mol. The minimum absolute atomic E-state index is 0.610. The monoisotopic (exact) mass is 802 g/mol. The van der Waals surface area contributed by atoms with Crippen LogP contribution in [0.15, 0.2) is 165 Å². The smallest absolute Gasteiger partial charge is 0.161 e. The van der Waals surface area contributed by atoms with Crippen molar-refractivity contribution in [2.75, 3.05) is 7.05 Å². The first-order valence-electron chi connectivity index (χ1n) is 20.8. The Balaban J connectivity index is 0.00000147. The first-order valence-corrected chi connectivity index (χ1v) is 21.6. The van der Waals surface area contributed by atoms with Gasteiger partial charge >= 0.3 is 0 Å². The van der Waals surface area contributed by atoms with Crippen LogP contribution in [0.5, 0.6) is 0 Å². The second kappa shape index (κ2) is 20.9. The molecule has 2 aromatic heterocycles. The van der Waals surface area contributed by atoms with E-state index in [1.165, 1.54) is 49.0 Å². The third-order valence-corrected chi connectivity index (χ3v) is 11.6. The molecule has 0 aliphatic heterocycles. The highest BCUT2D eigenvalue weighted by molar-refractivity contribution is 7.07. The molecule has 0 saturated carbocycles. The number of aliphatic imine (C=N–C) groups is 3. The maximum atomic E-state index is 5.12. The second-order valence-electron chi connectivity index (χ2n) is 14.3. The molecule has 1 aromatic carbocycles. The van der Waals surface area contributed by atoms with Crippen LogP contribution < -0.4 is 9.75 Å². The lowest BCUT2D eigenvalue weighted by molar-refractivity contribution is 1.08. The maximum absolute atomic E-state index is 5.12. The molecule has 4 nitrogen and oxygen atoms in total. The number of allylic oxidation sites excluding steroid dienone is 20. The first kappa shape index (κ1) is 43.0. The molecule has 0 atom stereocenters. The van der Waals surface area contributed by atoms with Gasteiger partial charge in [-0.2, -0.15) is 0 Å². The maximum Gasteiger partial charge on any atom is 0.161 e. The van der Waals surface area contributed by atoms with Crippen molar-refractivity contribution in [1.82, 2.24) is 4.57 Å². The van der Waals surface area contributed by atoms with Gasteiger partial charge in [-0.3, -0.25) is 4.99 Å². The summed E-state index contributed by atoms with van der Waals surface area (Å²) in [5, 5.41) is 3.54. The molecule has 2 bridgehead atoms. The Morgan fingerprint density at radius 1 is 0.850 bits per heavy atom. The normalized spacial score (nSPS) is 17.1. The number of fused-ring (bicyclic) bond motifs is 5. The van der Waals surface area contributed by atoms with Gasteiger partial charge in [0.1, 0.15) is 0 Å². The average Bonchev–Trinajstić information content (AvgIpc) is 3.56. The van der Waals surface area contributed by atoms with Gasteiger partial charge in [-0.25, -0.2) is 9.98 Å². The van der Waals surface area contributed by atoms with Gasteiger partial charge in [-0.1, -0.05) is 123 Å². The van der Waals surface area contributed by atoms with E-state index < -0.39 is 0 Å². The molecular formula is C55H54N4S. The summed E-state index contributed by atoms with van der Waals surface area (Å²) in [5.41, 5.74) is 15.5. The van der Waals surface area contributed by atoms with Gasteiger partial charge < -0.3 is 4.57 Å². The van der Waals surface area contributed by atoms with Crippen molar-refractivity contribution < 1.29 is 0 Å². The van der Waals surface area contributed by atoms with Crippen molar-refractivity contribution in [2.24, 2.45) is 15.0 Å². The van der Waals surface area contributed by atoms with Crippen LogP contribution >= 0.6 is 11.3 Å². The zero-order chi connectivity index (χ0) is 42.4. The largest absolute Gasteiger partial charge is 0.310 e. The Morgan fingerprint density at radius 2 is 1.67 bits per heavy atom. The third kappa shape index (κ3) is 9.47. The SMILES string of the molecule is C#C.C/C=C\c1c(C)c2c(n1C1=CC(c3cccc(C(N=CC4=CCC=CC=C4)=NC(=NC)C4=CC=CCC=C4)c3)=CCC=C1)C=CC1=c3sccc3=CC(C)=C2C1.CC. The number of thiophene rings is 1. The van der Waals surface area contributed by atoms with Crippen molar-refractivity contribution in [3.05, 3.63) is 193 Å². The summed E-state index contributed by atoms with van der Waals surface area (Å²) in [5.74, 6) is 1.25. The summed E-state index contributed by atoms with van der Waals surface area (Å²) in [4.78, 5) is 14.8. The Kier molecular flexibility index (Phi) is 15.0. The van der Waals surface area contributed by atoms with Crippen molar-refractivity contribution in [2.45, 2.75) is 60.3 Å². The van der Waals surface area contributed by atoms with Crippen LogP contribution in [0.2, 0.25) is 0 Å². The number of aromatic nitrogens is 1. The van der Waals surface area contributed by atoms with E-state index in [4.69, 9.17) is 9.98 Å². The Bertz CT molecular complexity index is 2750. The zero-order valence-electron chi connectivity index (χ0n) is 35.7. The fourth-order valence-corrected chi connectivity index (χ4v) is 8.73. The molecule has 2 heterocycles. The molecule has 300 valence electrons. The van der Waals surface area contributed by atoms with Crippen molar-refractivity contribution in [3.63, 3.8) is 0 Å². The van der Waals surface area contributed by atoms with Crippen LogP contribution in [0, 0.1) is 19.8 Å². The zero-order valence-corrected chi connectivity index (χ0v) is 36.5. The Labute approximate surface area is 361 Å². The lowest BCUT2D eigenvalue weighted by Crippen LogP contribution is -2.19. The minimum Gasteiger partial charge on any atom is -0.310 e. The molecule has 0 saturated heterocycles. The molecule has 0 amide bonds. The van der Waals surface area contributed by atoms with Crippen molar-refractivity contribution in [1.29, 1.82) is 0 Å². The van der Waals surface area contributed by atoms with Crippen molar-refractivity contribution >= 4 is 69.9 Å². The number of nitrogens with zero attached hydrogens (tertiary/aromatic N) is 4. The number of benzene rings is 1. The van der Waals surface area contributed by atoms with Gasteiger partial charge in [0, 0.05) is 45.9 Å². The van der Waals surface area contributed by atoms with Crippen LogP contribution in [0.4, 0.5) is 0 Å². The molecule has 0 N–H and O–H groups in total. The van der Waals surface area contributed by atoms with Crippen LogP contribution in [-0.4, -0.2) is 29.5 Å². The summed E-state index contributed by atoms with van der Waals surface area (Å²) in [6.45, 7) is 10.7. The molecule has 5 aliphatic rings. The van der Waals surface area contributed by atoms with E-state index in [-0.39, 0.29) is 0 Å². The predicted octanol–water partition coefficient (Wildman–Crippen LogP) is 12.6. The second-order valence-corrected chi connectivity index (χ2v) is 15.2. The number of hydrogen-bond donors (Lipinski definition) is 0. The molecule has 0 fully saturated rings. The summed E-state index contributed by atoms with van der Waals surface area (Å²) >= 11 is 1.84. The molecule has 5 heteroatoms. The third-order valence-electron chi connectivity index (χ3n) is 10.6. The van der Waals surface area contributed by atoms with E-state index in [1.807, 2.05) is 31.4 Å². The number of amidine groups is 2. The molecule has 5 aliphatic carbocycles. The average molecular weight is 803 g/mol. The highest BCUT2D eigenvalue weighted by atomic mass is 32.1. The van der Waals surface area contributed by atoms with Crippen LogP contribution in [-0.2, 0) is 0 Å². The molecule has 60 heavy (non-hydrogen) atoms. The number of terminal acetylenes is 1. The fourth-order valence-electron chi connectivity index (χ4n) is 7.82. The first-order chi connectivity index (χ1) is 29.5. The summed E-state index contributed by atoms with van der Waals surface area (Å²) in [6.07, 6.45) is 55.1. The highest BCUT2D eigenvalue weighted by Crippen LogP contribution is 2.42. The molecule has 0 radical (unpaired) electrons. The van der Waals surface area contributed by atoms with Crippen LogP contribution in [0.3, 0.4) is 0 Å². The fraction of sp³-hybridized carbons (Fsp3) is 0.182. The lowest BCUT2D eigenvalue weighted by atomic mass is 9.94. The van der Waals surface area contributed by atoms with E-state index in [0.717, 1.165) is 59.2 Å². The summed E-state index contributed by atoms with van der Waals surface area (Å²) in [7, 11) is 1.79. The molecule has 8 rings (SSSR count). The number of hydrogen-bond acceptors (Lipinski definition) is 2. The van der Waals surface area contributed by atoms with Gasteiger partial charge in [-0.15, -0.1) is 24.2 Å². The van der Waals surface area contributed by atoms with Gasteiger partial charge in [0.2, 0.25) is 0 Å². The Morgan fingerprint density at radius 3 is 2.50 bits per heavy atom. The van der Waals surface area contributed by atoms with Gasteiger partial charge in [0.15, 0.2) is 11.7 Å². The molecule has 0 unspecified atom stereocenters. The topological polar surface area (TPSA) is 42.0 Å². The van der Waals surface area contributed by atoms with Gasteiger partial charge in [0.05, 0.1) is 5.69 Å². The highest BCUT2D eigenvalue weighted by Gasteiger charge is 2.26. The molecule has 3 aromatic rings. The van der Waals surface area contributed by atoms with Gasteiger partial charge in [-0.05, 0) is 132 Å². The number of rotatable bonds is 6. The van der Waals surface area contributed by atoms with E-state index in [0.29, 0.717) is 11.7 Å². The Hall–Kier alpha value is -6.61. The van der Waals surface area contributed by atoms with E-state index >= 15 is 0 Å². The van der Waals surface area contributed by atoms with Crippen LogP contribution in [0.1, 0.15) is 87.0 Å².